The zero-order valence-corrected chi connectivity index (χ0v) is 11.2. The van der Waals surface area contributed by atoms with Crippen molar-refractivity contribution in [3.8, 4) is 0 Å². The van der Waals surface area contributed by atoms with E-state index >= 15 is 0 Å². The van der Waals surface area contributed by atoms with E-state index in [1.165, 1.54) is 12.2 Å². The van der Waals surface area contributed by atoms with E-state index in [9.17, 15) is 21.6 Å². The fraction of sp³-hybridized carbons (Fsp3) is 0.0714. The molecule has 0 bridgehead atoms. The standard InChI is InChI=1S/C14H8F3NO2S/c15-14(16,17)21(19,20)12-6-5-10-9-4-2-1-3-8(9)7-11(10)13(12)18/h1-7,18H. The van der Waals surface area contributed by atoms with Crippen LogP contribution in [0, 0.1) is 5.41 Å². The summed E-state index contributed by atoms with van der Waals surface area (Å²) in [7, 11) is -5.52. The van der Waals surface area contributed by atoms with E-state index in [0.717, 1.165) is 17.2 Å². The molecule has 1 aromatic rings. The lowest BCUT2D eigenvalue weighted by atomic mass is 9.96. The topological polar surface area (TPSA) is 58.0 Å². The number of sulfone groups is 1. The zero-order chi connectivity index (χ0) is 15.4. The molecule has 1 N–H and O–H groups in total. The van der Waals surface area contributed by atoms with Crippen LogP contribution in [-0.2, 0) is 9.84 Å². The summed E-state index contributed by atoms with van der Waals surface area (Å²) in [5.41, 5.74) is -3.75. The maximum absolute atomic E-state index is 12.6. The molecule has 0 amide bonds. The van der Waals surface area contributed by atoms with Gasteiger partial charge in [0.1, 0.15) is 4.91 Å². The number of hydrogen-bond acceptors (Lipinski definition) is 3. The molecule has 0 unspecified atom stereocenters. The summed E-state index contributed by atoms with van der Waals surface area (Å²) < 4.78 is 60.9. The van der Waals surface area contributed by atoms with Crippen LogP contribution in [0.25, 0.3) is 11.6 Å². The van der Waals surface area contributed by atoms with Crippen molar-refractivity contribution in [2.24, 2.45) is 0 Å². The monoisotopic (exact) mass is 311 g/mol. The van der Waals surface area contributed by atoms with Crippen LogP contribution in [0.2, 0.25) is 0 Å². The van der Waals surface area contributed by atoms with Gasteiger partial charge in [0.05, 0.1) is 5.71 Å². The third-order valence-corrected chi connectivity index (χ3v) is 4.88. The summed E-state index contributed by atoms with van der Waals surface area (Å²) >= 11 is 0. The molecule has 3 rings (SSSR count). The van der Waals surface area contributed by atoms with E-state index in [-0.39, 0.29) is 5.57 Å². The first-order valence-electron chi connectivity index (χ1n) is 5.87. The van der Waals surface area contributed by atoms with E-state index in [1.54, 1.807) is 24.3 Å². The normalized spacial score (nSPS) is 17.7. The van der Waals surface area contributed by atoms with Gasteiger partial charge in [0.25, 0.3) is 9.84 Å². The largest absolute Gasteiger partial charge is 0.501 e. The van der Waals surface area contributed by atoms with Gasteiger partial charge in [-0.05, 0) is 28.9 Å². The van der Waals surface area contributed by atoms with Crippen LogP contribution in [-0.4, -0.2) is 19.6 Å². The molecule has 3 nitrogen and oxygen atoms in total. The molecular weight excluding hydrogens is 303 g/mol. The summed E-state index contributed by atoms with van der Waals surface area (Å²) in [6, 6.07) is 7.06. The molecule has 0 saturated carbocycles. The zero-order valence-electron chi connectivity index (χ0n) is 10.4. The highest BCUT2D eigenvalue weighted by atomic mass is 32.2. The fourth-order valence-electron chi connectivity index (χ4n) is 2.36. The van der Waals surface area contributed by atoms with Crippen LogP contribution >= 0.6 is 0 Å². The summed E-state index contributed by atoms with van der Waals surface area (Å²) in [5, 5.41) is 7.83. The van der Waals surface area contributed by atoms with Gasteiger partial charge in [-0.1, -0.05) is 30.3 Å². The number of benzene rings is 1. The van der Waals surface area contributed by atoms with Crippen LogP contribution in [0.15, 0.2) is 46.9 Å². The third kappa shape index (κ3) is 1.88. The van der Waals surface area contributed by atoms with Gasteiger partial charge in [-0.3, -0.25) is 5.41 Å². The molecule has 21 heavy (non-hydrogen) atoms. The van der Waals surface area contributed by atoms with Gasteiger partial charge >= 0.3 is 5.51 Å². The van der Waals surface area contributed by atoms with Gasteiger partial charge < -0.3 is 0 Å². The fourth-order valence-corrected chi connectivity index (χ4v) is 3.23. The van der Waals surface area contributed by atoms with Gasteiger partial charge in [0.15, 0.2) is 0 Å². The lowest BCUT2D eigenvalue weighted by Crippen LogP contribution is -2.29. The van der Waals surface area contributed by atoms with Crippen LogP contribution in [0.4, 0.5) is 13.2 Å². The van der Waals surface area contributed by atoms with Crippen LogP contribution in [0.1, 0.15) is 11.1 Å². The second-order valence-corrected chi connectivity index (χ2v) is 6.49. The minimum absolute atomic E-state index is 0.196. The quantitative estimate of drug-likeness (QED) is 0.865. The van der Waals surface area contributed by atoms with Crippen molar-refractivity contribution in [1.82, 2.24) is 0 Å². The summed E-state index contributed by atoms with van der Waals surface area (Å²) in [6.45, 7) is 0. The highest BCUT2D eigenvalue weighted by Crippen LogP contribution is 2.42. The average molecular weight is 311 g/mol. The minimum Gasteiger partial charge on any atom is -0.299 e. The second-order valence-electron chi connectivity index (χ2n) is 4.58. The average Bonchev–Trinajstić information content (AvgIpc) is 2.77. The van der Waals surface area contributed by atoms with Gasteiger partial charge in [-0.15, -0.1) is 0 Å². The van der Waals surface area contributed by atoms with Crippen molar-refractivity contribution in [1.29, 1.82) is 5.41 Å². The Labute approximate surface area is 118 Å². The van der Waals surface area contributed by atoms with Crippen molar-refractivity contribution < 1.29 is 21.6 Å². The van der Waals surface area contributed by atoms with E-state index in [4.69, 9.17) is 5.41 Å². The molecule has 0 saturated heterocycles. The highest BCUT2D eigenvalue weighted by Gasteiger charge is 2.50. The molecule has 0 aromatic heterocycles. The molecule has 108 valence electrons. The van der Waals surface area contributed by atoms with E-state index in [2.05, 4.69) is 0 Å². The summed E-state index contributed by atoms with van der Waals surface area (Å²) in [5.74, 6) is 0. The van der Waals surface area contributed by atoms with Gasteiger partial charge in [0.2, 0.25) is 0 Å². The van der Waals surface area contributed by atoms with Gasteiger partial charge in [-0.2, -0.15) is 13.2 Å². The Bertz CT molecular complexity index is 858. The maximum atomic E-state index is 12.6. The Morgan fingerprint density at radius 3 is 2.33 bits per heavy atom. The molecule has 2 aliphatic carbocycles. The molecule has 0 spiro atoms. The molecule has 7 heteroatoms. The SMILES string of the molecule is N=C1C2=Cc3ccccc3C2=CC=C1S(=O)(=O)C(F)(F)F. The Balaban J connectivity index is 2.16. The molecule has 0 heterocycles. The Morgan fingerprint density at radius 2 is 1.67 bits per heavy atom. The van der Waals surface area contributed by atoms with E-state index in [1.807, 2.05) is 0 Å². The molecule has 0 fully saturated rings. The highest BCUT2D eigenvalue weighted by molar-refractivity contribution is 7.97. The first-order valence-corrected chi connectivity index (χ1v) is 7.36. The number of rotatable bonds is 1. The number of hydrogen-bond donors (Lipinski definition) is 1. The maximum Gasteiger partial charge on any atom is 0.501 e. The van der Waals surface area contributed by atoms with Crippen molar-refractivity contribution in [2.45, 2.75) is 5.51 Å². The lowest BCUT2D eigenvalue weighted by Gasteiger charge is -2.17. The first-order chi connectivity index (χ1) is 9.73. The molecule has 0 atom stereocenters. The Hall–Kier alpha value is -2.15. The van der Waals surface area contributed by atoms with Crippen molar-refractivity contribution >= 4 is 27.2 Å². The van der Waals surface area contributed by atoms with Crippen LogP contribution < -0.4 is 0 Å². The molecule has 0 aliphatic heterocycles. The Morgan fingerprint density at radius 1 is 1.00 bits per heavy atom. The van der Waals surface area contributed by atoms with Crippen molar-refractivity contribution in [3.63, 3.8) is 0 Å². The van der Waals surface area contributed by atoms with Crippen LogP contribution in [0.3, 0.4) is 0 Å². The molecule has 1 aromatic carbocycles. The van der Waals surface area contributed by atoms with Crippen molar-refractivity contribution in [3.05, 3.63) is 58.0 Å². The van der Waals surface area contributed by atoms with Gasteiger partial charge in [0, 0.05) is 5.57 Å². The number of allylic oxidation sites excluding steroid dienone is 5. The van der Waals surface area contributed by atoms with E-state index < -0.39 is 26.0 Å². The molecular formula is C14H8F3NO2S. The predicted molar refractivity (Wildman–Crippen MR) is 73.2 cm³/mol. The minimum atomic E-state index is -5.52. The first kappa shape index (κ1) is 13.8. The second kappa shape index (κ2) is 4.17. The molecule has 2 aliphatic rings. The third-order valence-electron chi connectivity index (χ3n) is 3.35. The number of fused-ring (bicyclic) bond motifs is 3. The number of nitrogens with one attached hydrogen (secondary N) is 1. The summed E-state index contributed by atoms with van der Waals surface area (Å²) in [6.07, 6.45) is 3.69. The van der Waals surface area contributed by atoms with Crippen molar-refractivity contribution in [2.75, 3.05) is 0 Å². The number of alkyl halides is 3. The molecule has 0 radical (unpaired) electrons. The van der Waals surface area contributed by atoms with Gasteiger partial charge in [-0.25, -0.2) is 8.42 Å². The number of halogens is 3. The summed E-state index contributed by atoms with van der Waals surface area (Å²) in [4.78, 5) is -1.02. The Kier molecular flexibility index (Phi) is 2.75. The van der Waals surface area contributed by atoms with E-state index in [0.29, 0.717) is 5.57 Å². The lowest BCUT2D eigenvalue weighted by molar-refractivity contribution is -0.0425. The smallest absolute Gasteiger partial charge is 0.299 e. The predicted octanol–water partition coefficient (Wildman–Crippen LogP) is 3.32. The van der Waals surface area contributed by atoms with Crippen LogP contribution in [0.5, 0.6) is 0 Å².